The van der Waals surface area contributed by atoms with Crippen LogP contribution in [0.4, 0.5) is 11.5 Å². The van der Waals surface area contributed by atoms with Crippen LogP contribution in [0.2, 0.25) is 5.02 Å². The third-order valence-corrected chi connectivity index (χ3v) is 4.03. The second kappa shape index (κ2) is 6.91. The van der Waals surface area contributed by atoms with Crippen LogP contribution in [0.3, 0.4) is 0 Å². The van der Waals surface area contributed by atoms with Gasteiger partial charge in [-0.25, -0.2) is 4.98 Å². The molecule has 6 heteroatoms. The Morgan fingerprint density at radius 1 is 1.33 bits per heavy atom. The molecule has 2 rings (SSSR count). The van der Waals surface area contributed by atoms with Crippen LogP contribution in [0.25, 0.3) is 0 Å². The third-order valence-electron chi connectivity index (χ3n) is 2.91. The van der Waals surface area contributed by atoms with Crippen LogP contribution in [0.5, 0.6) is 0 Å². The van der Waals surface area contributed by atoms with E-state index in [2.05, 4.69) is 31.5 Å². The summed E-state index contributed by atoms with van der Waals surface area (Å²) in [7, 11) is 0. The molecule has 1 amide bonds. The molecule has 0 fully saturated rings. The van der Waals surface area contributed by atoms with Crippen molar-refractivity contribution in [1.82, 2.24) is 4.98 Å². The van der Waals surface area contributed by atoms with Gasteiger partial charge >= 0.3 is 0 Å². The van der Waals surface area contributed by atoms with Crippen LogP contribution in [-0.4, -0.2) is 16.9 Å². The molecular weight excluding hydrogens is 354 g/mol. The van der Waals surface area contributed by atoms with Crippen molar-refractivity contribution in [3.8, 4) is 0 Å². The summed E-state index contributed by atoms with van der Waals surface area (Å²) in [6, 6.07) is 8.80. The number of aromatic nitrogens is 1. The quantitative estimate of drug-likeness (QED) is 0.848. The van der Waals surface area contributed by atoms with Gasteiger partial charge in [0.15, 0.2) is 0 Å². The van der Waals surface area contributed by atoms with Crippen molar-refractivity contribution >= 4 is 44.9 Å². The SMILES string of the molecule is Cc1cc(N[C@@H](C)C(=O)Nc2ccc(Cl)cn2)ccc1Br. The highest BCUT2D eigenvalue weighted by atomic mass is 79.9. The summed E-state index contributed by atoms with van der Waals surface area (Å²) in [5.41, 5.74) is 1.99. The third kappa shape index (κ3) is 4.44. The van der Waals surface area contributed by atoms with Crippen LogP contribution in [0.15, 0.2) is 41.0 Å². The van der Waals surface area contributed by atoms with Gasteiger partial charge in [0.05, 0.1) is 5.02 Å². The van der Waals surface area contributed by atoms with Gasteiger partial charge in [0.25, 0.3) is 0 Å². The molecule has 0 saturated carbocycles. The molecule has 2 N–H and O–H groups in total. The lowest BCUT2D eigenvalue weighted by molar-refractivity contribution is -0.116. The van der Waals surface area contributed by atoms with E-state index in [0.717, 1.165) is 15.7 Å². The molecule has 1 atom stereocenters. The van der Waals surface area contributed by atoms with Gasteiger partial charge in [0.1, 0.15) is 11.9 Å². The molecule has 0 aliphatic heterocycles. The molecule has 0 unspecified atom stereocenters. The molecule has 4 nitrogen and oxygen atoms in total. The second-order valence-corrected chi connectivity index (χ2v) is 5.97. The number of nitrogens with one attached hydrogen (secondary N) is 2. The monoisotopic (exact) mass is 367 g/mol. The number of hydrogen-bond acceptors (Lipinski definition) is 3. The fourth-order valence-corrected chi connectivity index (χ4v) is 2.09. The van der Waals surface area contributed by atoms with Gasteiger partial charge in [-0.3, -0.25) is 4.79 Å². The number of benzene rings is 1. The highest BCUT2D eigenvalue weighted by Crippen LogP contribution is 2.20. The lowest BCUT2D eigenvalue weighted by atomic mass is 10.2. The number of hydrogen-bond donors (Lipinski definition) is 2. The van der Waals surface area contributed by atoms with Gasteiger partial charge < -0.3 is 10.6 Å². The van der Waals surface area contributed by atoms with Gasteiger partial charge in [-0.05, 0) is 49.7 Å². The van der Waals surface area contributed by atoms with Gasteiger partial charge in [0, 0.05) is 16.4 Å². The maximum absolute atomic E-state index is 12.1. The van der Waals surface area contributed by atoms with Crippen LogP contribution < -0.4 is 10.6 Å². The normalized spacial score (nSPS) is 11.8. The molecule has 110 valence electrons. The molecule has 0 aliphatic carbocycles. The second-order valence-electron chi connectivity index (χ2n) is 4.68. The summed E-state index contributed by atoms with van der Waals surface area (Å²) in [4.78, 5) is 16.1. The Hall–Kier alpha value is -1.59. The predicted octanol–water partition coefficient (Wildman–Crippen LogP) is 4.25. The fourth-order valence-electron chi connectivity index (χ4n) is 1.73. The van der Waals surface area contributed by atoms with Gasteiger partial charge in [-0.1, -0.05) is 27.5 Å². The highest BCUT2D eigenvalue weighted by Gasteiger charge is 2.13. The Labute approximate surface area is 137 Å². The minimum atomic E-state index is -0.386. The van der Waals surface area contributed by atoms with E-state index in [9.17, 15) is 4.79 Å². The number of halogens is 2. The maximum Gasteiger partial charge on any atom is 0.247 e. The van der Waals surface area contributed by atoms with Crippen molar-refractivity contribution in [1.29, 1.82) is 0 Å². The number of amides is 1. The topological polar surface area (TPSA) is 54.0 Å². The highest BCUT2D eigenvalue weighted by molar-refractivity contribution is 9.10. The summed E-state index contributed by atoms with van der Waals surface area (Å²) < 4.78 is 1.04. The van der Waals surface area contributed by atoms with Crippen LogP contribution in [0.1, 0.15) is 12.5 Å². The van der Waals surface area contributed by atoms with Gasteiger partial charge in [-0.2, -0.15) is 0 Å². The Morgan fingerprint density at radius 3 is 2.71 bits per heavy atom. The zero-order valence-corrected chi connectivity index (χ0v) is 14.0. The molecule has 0 saturated heterocycles. The zero-order valence-electron chi connectivity index (χ0n) is 11.7. The largest absolute Gasteiger partial charge is 0.374 e. The number of aryl methyl sites for hydroxylation is 1. The first-order valence-corrected chi connectivity index (χ1v) is 7.58. The van der Waals surface area contributed by atoms with E-state index in [-0.39, 0.29) is 11.9 Å². The summed E-state index contributed by atoms with van der Waals surface area (Å²) in [5.74, 6) is 0.315. The van der Waals surface area contributed by atoms with Crippen molar-refractivity contribution in [3.63, 3.8) is 0 Å². The van der Waals surface area contributed by atoms with Crippen molar-refractivity contribution < 1.29 is 4.79 Å². The number of nitrogens with zero attached hydrogens (tertiary/aromatic N) is 1. The van der Waals surface area contributed by atoms with Crippen molar-refractivity contribution in [2.24, 2.45) is 0 Å². The molecule has 1 heterocycles. The molecule has 0 bridgehead atoms. The number of carbonyl (C=O) groups excluding carboxylic acids is 1. The molecule has 0 spiro atoms. The molecule has 1 aromatic heterocycles. The average molecular weight is 369 g/mol. The minimum absolute atomic E-state index is 0.162. The van der Waals surface area contributed by atoms with Crippen molar-refractivity contribution in [2.45, 2.75) is 19.9 Å². The number of pyridine rings is 1. The number of carbonyl (C=O) groups is 1. The van der Waals surface area contributed by atoms with Crippen LogP contribution in [0, 0.1) is 6.92 Å². The summed E-state index contributed by atoms with van der Waals surface area (Å²) >= 11 is 9.20. The summed E-state index contributed by atoms with van der Waals surface area (Å²) in [6.45, 7) is 3.79. The van der Waals surface area contributed by atoms with Gasteiger partial charge in [0.2, 0.25) is 5.91 Å². The van der Waals surface area contributed by atoms with E-state index in [1.807, 2.05) is 25.1 Å². The smallest absolute Gasteiger partial charge is 0.247 e. The van der Waals surface area contributed by atoms with Crippen LogP contribution >= 0.6 is 27.5 Å². The zero-order chi connectivity index (χ0) is 15.4. The molecule has 1 aromatic carbocycles. The molecule has 21 heavy (non-hydrogen) atoms. The van der Waals surface area contributed by atoms with E-state index in [4.69, 9.17) is 11.6 Å². The van der Waals surface area contributed by atoms with Crippen molar-refractivity contribution in [2.75, 3.05) is 10.6 Å². The lowest BCUT2D eigenvalue weighted by Gasteiger charge is -2.15. The average Bonchev–Trinajstić information content (AvgIpc) is 2.45. The Balaban J connectivity index is 1.98. The van der Waals surface area contributed by atoms with E-state index in [0.29, 0.717) is 10.8 Å². The van der Waals surface area contributed by atoms with E-state index >= 15 is 0 Å². The first-order valence-electron chi connectivity index (χ1n) is 6.41. The maximum atomic E-state index is 12.1. The summed E-state index contributed by atoms with van der Waals surface area (Å²) in [5, 5.41) is 6.42. The van der Waals surface area contributed by atoms with Crippen LogP contribution in [-0.2, 0) is 4.79 Å². The standard InChI is InChI=1S/C15H15BrClN3O/c1-9-7-12(4-5-13(9)16)19-10(2)15(21)20-14-6-3-11(17)8-18-14/h3-8,10,19H,1-2H3,(H,18,20,21)/t10-/m0/s1. The molecule has 0 radical (unpaired) electrons. The molecule has 2 aromatic rings. The predicted molar refractivity (Wildman–Crippen MR) is 89.8 cm³/mol. The Morgan fingerprint density at radius 2 is 2.10 bits per heavy atom. The van der Waals surface area contributed by atoms with E-state index in [1.54, 1.807) is 19.1 Å². The van der Waals surface area contributed by atoms with E-state index in [1.165, 1.54) is 6.20 Å². The Kier molecular flexibility index (Phi) is 5.20. The van der Waals surface area contributed by atoms with E-state index < -0.39 is 0 Å². The fraction of sp³-hybridized carbons (Fsp3) is 0.200. The number of rotatable bonds is 4. The summed E-state index contributed by atoms with van der Waals surface area (Å²) in [6.07, 6.45) is 1.49. The number of anilines is 2. The van der Waals surface area contributed by atoms with Gasteiger partial charge in [-0.15, -0.1) is 0 Å². The molecular formula is C15H15BrClN3O. The first-order chi connectivity index (χ1) is 9.95. The molecule has 0 aliphatic rings. The minimum Gasteiger partial charge on any atom is -0.374 e. The Bertz CT molecular complexity index is 646. The first kappa shape index (κ1) is 15.8. The lowest BCUT2D eigenvalue weighted by Crippen LogP contribution is -2.32. The van der Waals surface area contributed by atoms with Crippen molar-refractivity contribution in [3.05, 3.63) is 51.6 Å².